The number of hydrogen-bond donors (Lipinski definition) is 2. The maximum atomic E-state index is 11.1. The van der Waals surface area contributed by atoms with Crippen molar-refractivity contribution in [3.8, 4) is 0 Å². The van der Waals surface area contributed by atoms with E-state index < -0.39 is 11.1 Å². The topological polar surface area (TPSA) is 65.7 Å². The van der Waals surface area contributed by atoms with Gasteiger partial charge >= 0.3 is 0 Å². The second kappa shape index (κ2) is 7.42. The van der Waals surface area contributed by atoms with Crippen LogP contribution >= 0.6 is 0 Å². The molecule has 2 N–H and O–H groups in total. The molecule has 1 aromatic heterocycles. The Morgan fingerprint density at radius 2 is 1.90 bits per heavy atom. The van der Waals surface area contributed by atoms with E-state index in [0.29, 0.717) is 0 Å². The quantitative estimate of drug-likeness (QED) is 0.487. The molecular weight excluding hydrogens is 268 g/mol. The van der Waals surface area contributed by atoms with Crippen LogP contribution in [0.3, 0.4) is 0 Å². The Bertz CT molecular complexity index is 603. The minimum Gasteiger partial charge on any atom is -0.348 e. The van der Waals surface area contributed by atoms with Gasteiger partial charge in [0.2, 0.25) is 0 Å². The summed E-state index contributed by atoms with van der Waals surface area (Å²) < 4.78 is 2.02. The van der Waals surface area contributed by atoms with Crippen LogP contribution in [-0.2, 0) is 17.8 Å². The summed E-state index contributed by atoms with van der Waals surface area (Å²) in [6, 6.07) is 14.0. The van der Waals surface area contributed by atoms with Crippen LogP contribution in [0, 0.1) is 0 Å². The van der Waals surface area contributed by atoms with Gasteiger partial charge in [-0.15, -0.1) is 0 Å². The predicted octanol–water partition coefficient (Wildman–Crippen LogP) is 2.74. The van der Waals surface area contributed by atoms with Crippen LogP contribution in [-0.4, -0.2) is 26.1 Å². The van der Waals surface area contributed by atoms with E-state index in [0.717, 1.165) is 31.2 Å². The molecule has 21 heavy (non-hydrogen) atoms. The third-order valence-corrected chi connectivity index (χ3v) is 3.17. The summed E-state index contributed by atoms with van der Waals surface area (Å²) in [5, 5.41) is 16.7. The largest absolute Gasteiger partial charge is 0.348 e. The summed E-state index contributed by atoms with van der Waals surface area (Å²) in [6.07, 6.45) is 6.58. The maximum Gasteiger partial charge on any atom is 0.296 e. The molecule has 1 aromatic carbocycles. The molecule has 0 aliphatic carbocycles. The smallest absolute Gasteiger partial charge is 0.296 e. The highest BCUT2D eigenvalue weighted by Crippen LogP contribution is 2.09. The normalized spacial score (nSPS) is 11.0. The molecule has 0 radical (unpaired) electrons. The Balaban J connectivity index is 1.90. The summed E-state index contributed by atoms with van der Waals surface area (Å²) in [4.78, 5) is 11.1. The molecule has 5 heteroatoms. The lowest BCUT2D eigenvalue weighted by Crippen LogP contribution is -2.20. The number of amides is 1. The first-order valence-corrected chi connectivity index (χ1v) is 6.76. The molecule has 0 unspecified atom stereocenters. The van der Waals surface area contributed by atoms with Crippen LogP contribution in [0.1, 0.15) is 17.7 Å². The Labute approximate surface area is 123 Å². The molecular formula is C16H18N2O3. The van der Waals surface area contributed by atoms with E-state index in [1.807, 2.05) is 41.1 Å². The van der Waals surface area contributed by atoms with Crippen LogP contribution in [0.4, 0.5) is 0 Å². The molecule has 0 aliphatic heterocycles. The number of hydroxylamine groups is 2. The molecule has 1 heterocycles. The highest BCUT2D eigenvalue weighted by atomic mass is 16.8. The van der Waals surface area contributed by atoms with Crippen LogP contribution in [0.25, 0.3) is 6.08 Å². The highest BCUT2D eigenvalue weighted by Gasteiger charge is 2.03. The lowest BCUT2D eigenvalue weighted by molar-refractivity contribution is -0.280. The fourth-order valence-corrected chi connectivity index (χ4v) is 2.10. The van der Waals surface area contributed by atoms with Crippen molar-refractivity contribution in [2.45, 2.75) is 19.4 Å². The van der Waals surface area contributed by atoms with E-state index in [1.165, 1.54) is 5.56 Å². The first-order chi connectivity index (χ1) is 10.2. The van der Waals surface area contributed by atoms with Crippen LogP contribution in [0.15, 0.2) is 54.7 Å². The first-order valence-electron chi connectivity index (χ1n) is 6.76. The Morgan fingerprint density at radius 3 is 2.62 bits per heavy atom. The van der Waals surface area contributed by atoms with Crippen molar-refractivity contribution < 1.29 is 15.2 Å². The summed E-state index contributed by atoms with van der Waals surface area (Å²) in [5.41, 5.74) is 2.14. The molecule has 0 spiro atoms. The van der Waals surface area contributed by atoms with Gasteiger partial charge in [0.15, 0.2) is 0 Å². The standard InChI is InChI=1S/C16H18N2O3/c19-16(18(20)21)11-10-15-9-5-13-17(15)12-4-8-14-6-2-1-3-7-14/h1-3,5-7,9-11,13,20-21H,4,8,12H2/b11-10+. The number of carbonyl (C=O) groups is 1. The summed E-state index contributed by atoms with van der Waals surface area (Å²) in [6.45, 7) is 0.831. The number of aromatic nitrogens is 1. The zero-order valence-electron chi connectivity index (χ0n) is 11.6. The van der Waals surface area contributed by atoms with Gasteiger partial charge < -0.3 is 4.57 Å². The molecule has 2 aromatic rings. The highest BCUT2D eigenvalue weighted by molar-refractivity contribution is 5.89. The molecule has 0 fully saturated rings. The van der Waals surface area contributed by atoms with E-state index in [2.05, 4.69) is 12.1 Å². The zero-order valence-corrected chi connectivity index (χ0v) is 11.6. The maximum absolute atomic E-state index is 11.1. The number of hydrogen-bond acceptors (Lipinski definition) is 3. The van der Waals surface area contributed by atoms with Crippen molar-refractivity contribution in [1.29, 1.82) is 0 Å². The Hall–Kier alpha value is -2.37. The second-order valence-corrected chi connectivity index (χ2v) is 4.68. The van der Waals surface area contributed by atoms with Crippen LogP contribution in [0.5, 0.6) is 0 Å². The van der Waals surface area contributed by atoms with Gasteiger partial charge in [0.05, 0.1) is 0 Å². The van der Waals surface area contributed by atoms with Crippen LogP contribution in [0.2, 0.25) is 0 Å². The molecule has 0 atom stereocenters. The van der Waals surface area contributed by atoms with E-state index in [9.17, 15) is 4.79 Å². The molecule has 0 bridgehead atoms. The van der Waals surface area contributed by atoms with E-state index in [-0.39, 0.29) is 0 Å². The van der Waals surface area contributed by atoms with Gasteiger partial charge in [-0.2, -0.15) is 0 Å². The Kier molecular flexibility index (Phi) is 5.31. The minimum atomic E-state index is -0.882. The number of carbonyl (C=O) groups excluding carboxylic acids is 1. The monoisotopic (exact) mass is 286 g/mol. The minimum absolute atomic E-state index is 0.431. The predicted molar refractivity (Wildman–Crippen MR) is 78.6 cm³/mol. The van der Waals surface area contributed by atoms with Crippen molar-refractivity contribution in [3.63, 3.8) is 0 Å². The van der Waals surface area contributed by atoms with Crippen molar-refractivity contribution in [2.75, 3.05) is 0 Å². The fourth-order valence-electron chi connectivity index (χ4n) is 2.10. The zero-order chi connectivity index (χ0) is 15.1. The van der Waals surface area contributed by atoms with Gasteiger partial charge in [-0.25, -0.2) is 0 Å². The van der Waals surface area contributed by atoms with Crippen LogP contribution < -0.4 is 0 Å². The SMILES string of the molecule is O=C(/C=C/c1cccn1CCCc1ccccc1)N(O)O. The third kappa shape index (κ3) is 4.59. The molecule has 0 saturated carbocycles. The number of rotatable bonds is 6. The number of nitrogens with zero attached hydrogens (tertiary/aromatic N) is 2. The summed E-state index contributed by atoms with van der Waals surface area (Å²) >= 11 is 0. The van der Waals surface area contributed by atoms with Gasteiger partial charge in [0, 0.05) is 24.5 Å². The number of benzene rings is 1. The van der Waals surface area contributed by atoms with Gasteiger partial charge in [-0.3, -0.25) is 15.2 Å². The van der Waals surface area contributed by atoms with E-state index in [4.69, 9.17) is 10.4 Å². The lowest BCUT2D eigenvalue weighted by atomic mass is 10.1. The molecule has 5 nitrogen and oxygen atoms in total. The molecule has 110 valence electrons. The van der Waals surface area contributed by atoms with Gasteiger partial charge in [0.25, 0.3) is 5.91 Å². The third-order valence-electron chi connectivity index (χ3n) is 3.17. The van der Waals surface area contributed by atoms with E-state index in [1.54, 1.807) is 6.08 Å². The molecule has 2 rings (SSSR count). The average molecular weight is 286 g/mol. The van der Waals surface area contributed by atoms with Crippen molar-refractivity contribution in [2.24, 2.45) is 0 Å². The fraction of sp³-hybridized carbons (Fsp3) is 0.188. The van der Waals surface area contributed by atoms with Gasteiger partial charge in [-0.1, -0.05) is 35.6 Å². The van der Waals surface area contributed by atoms with Gasteiger partial charge in [-0.05, 0) is 36.6 Å². The number of aryl methyl sites for hydroxylation is 2. The van der Waals surface area contributed by atoms with Crippen molar-refractivity contribution in [1.82, 2.24) is 9.79 Å². The van der Waals surface area contributed by atoms with E-state index >= 15 is 0 Å². The van der Waals surface area contributed by atoms with Crippen molar-refractivity contribution in [3.05, 3.63) is 66.0 Å². The van der Waals surface area contributed by atoms with Gasteiger partial charge in [0.1, 0.15) is 0 Å². The second-order valence-electron chi connectivity index (χ2n) is 4.68. The summed E-state index contributed by atoms with van der Waals surface area (Å²) in [5.74, 6) is -0.882. The molecule has 0 saturated heterocycles. The summed E-state index contributed by atoms with van der Waals surface area (Å²) in [7, 11) is 0. The Morgan fingerprint density at radius 1 is 1.14 bits per heavy atom. The molecule has 0 aliphatic rings. The first kappa shape index (κ1) is 15.0. The average Bonchev–Trinajstić information content (AvgIpc) is 2.93. The van der Waals surface area contributed by atoms with Crippen molar-refractivity contribution >= 4 is 12.0 Å². The molecule has 1 amide bonds. The lowest BCUT2D eigenvalue weighted by Gasteiger charge is -2.07.